The smallest absolute Gasteiger partial charge is 0.372 e. The van der Waals surface area contributed by atoms with Crippen LogP contribution in [0.3, 0.4) is 0 Å². The molecule has 0 spiro atoms. The molecule has 0 fully saturated rings. The molecule has 0 aliphatic rings. The molecule has 0 aliphatic heterocycles. The summed E-state index contributed by atoms with van der Waals surface area (Å²) >= 11 is 6.35. The summed E-state index contributed by atoms with van der Waals surface area (Å²) < 4.78 is 40.8. The Hall–Kier alpha value is -3.01. The van der Waals surface area contributed by atoms with Crippen LogP contribution in [0.2, 0.25) is 5.02 Å². The van der Waals surface area contributed by atoms with Gasteiger partial charge in [-0.3, -0.25) is 4.79 Å². The molecule has 3 aromatic rings. The molecule has 2 N–H and O–H groups in total. The van der Waals surface area contributed by atoms with E-state index in [-0.39, 0.29) is 22.7 Å². The summed E-state index contributed by atoms with van der Waals surface area (Å²) in [5, 5.41) is 6.18. The molecule has 11 heteroatoms. The summed E-state index contributed by atoms with van der Waals surface area (Å²) in [4.78, 5) is 21.5. The van der Waals surface area contributed by atoms with Gasteiger partial charge in [-0.05, 0) is 12.1 Å². The highest BCUT2D eigenvalue weighted by atomic mass is 35.5. The van der Waals surface area contributed by atoms with Gasteiger partial charge in [-0.1, -0.05) is 11.6 Å². The van der Waals surface area contributed by atoms with Crippen molar-refractivity contribution in [2.75, 3.05) is 31.8 Å². The number of halogens is 4. The van der Waals surface area contributed by atoms with Crippen LogP contribution >= 0.6 is 11.6 Å². The maximum Gasteiger partial charge on any atom is 0.421 e. The van der Waals surface area contributed by atoms with Gasteiger partial charge < -0.3 is 20.1 Å². The number of carbonyl (C=O) groups excluding carboxylic acids is 1. The summed E-state index contributed by atoms with van der Waals surface area (Å²) in [5.41, 5.74) is 0.624. The van der Waals surface area contributed by atoms with E-state index >= 15 is 0 Å². The van der Waals surface area contributed by atoms with Crippen molar-refractivity contribution in [2.45, 2.75) is 6.18 Å². The predicted octanol–water partition coefficient (Wildman–Crippen LogP) is 4.13. The van der Waals surface area contributed by atoms with Gasteiger partial charge in [0.05, 0.1) is 21.8 Å². The highest BCUT2D eigenvalue weighted by Crippen LogP contribution is 2.35. The van der Waals surface area contributed by atoms with Gasteiger partial charge in [-0.2, -0.15) is 18.2 Å². The van der Waals surface area contributed by atoms with Crippen LogP contribution in [0.25, 0.3) is 10.9 Å². The number of benzene rings is 1. The lowest BCUT2D eigenvalue weighted by atomic mass is 10.1. The third-order valence-electron chi connectivity index (χ3n) is 4.29. The number of nitrogens with zero attached hydrogens (tertiary/aromatic N) is 4. The average molecular weight is 427 g/mol. The van der Waals surface area contributed by atoms with Gasteiger partial charge in [0.1, 0.15) is 11.4 Å². The lowest BCUT2D eigenvalue weighted by Crippen LogP contribution is -2.21. The first kappa shape index (κ1) is 20.7. The zero-order valence-electron chi connectivity index (χ0n) is 16.0. The molecule has 7 nitrogen and oxygen atoms in total. The number of anilines is 3. The van der Waals surface area contributed by atoms with Crippen molar-refractivity contribution in [1.29, 1.82) is 0 Å². The molecule has 0 saturated carbocycles. The number of amides is 1. The largest absolute Gasteiger partial charge is 0.421 e. The van der Waals surface area contributed by atoms with Crippen LogP contribution in [0.15, 0.2) is 24.5 Å². The number of fused-ring (bicyclic) bond motifs is 1. The van der Waals surface area contributed by atoms with Gasteiger partial charge in [0.25, 0.3) is 5.91 Å². The molecule has 0 bridgehead atoms. The maximum absolute atomic E-state index is 13.0. The molecule has 0 radical (unpaired) electrons. The second-order valence-electron chi connectivity index (χ2n) is 6.53. The van der Waals surface area contributed by atoms with Crippen molar-refractivity contribution in [1.82, 2.24) is 19.4 Å². The summed E-state index contributed by atoms with van der Waals surface area (Å²) in [6.45, 7) is 0. The van der Waals surface area contributed by atoms with E-state index in [9.17, 15) is 18.0 Å². The fourth-order valence-corrected chi connectivity index (χ4v) is 3.08. The molecule has 0 aliphatic carbocycles. The second kappa shape index (κ2) is 7.43. The number of rotatable bonds is 4. The number of nitrogens with one attached hydrogen (secondary N) is 2. The lowest BCUT2D eigenvalue weighted by molar-refractivity contribution is -0.137. The van der Waals surface area contributed by atoms with Crippen molar-refractivity contribution in [3.63, 3.8) is 0 Å². The van der Waals surface area contributed by atoms with E-state index in [1.54, 1.807) is 44.0 Å². The zero-order chi connectivity index (χ0) is 21.5. The van der Waals surface area contributed by atoms with Gasteiger partial charge in [-0.25, -0.2) is 4.98 Å². The maximum atomic E-state index is 13.0. The summed E-state index contributed by atoms with van der Waals surface area (Å²) in [7, 11) is 6.42. The first-order valence-corrected chi connectivity index (χ1v) is 8.80. The minimum Gasteiger partial charge on any atom is -0.372 e. The number of carbonyl (C=O) groups is 1. The molecular weight excluding hydrogens is 409 g/mol. The Kier molecular flexibility index (Phi) is 5.31. The normalized spacial score (nSPS) is 11.6. The Balaban J connectivity index is 2.02. The average Bonchev–Trinajstić information content (AvgIpc) is 2.96. The Morgan fingerprint density at radius 3 is 2.55 bits per heavy atom. The molecule has 0 saturated heterocycles. The quantitative estimate of drug-likeness (QED) is 0.656. The standard InChI is InChI=1S/C18H18ClF3N6O/c1-23-15-11(18(20,21)22)7-24-17(26-15)25-13-6-14-9(5-12(13)19)10(8-28(14)4)16(29)27(2)3/h5-8H,1-4H3,(H2,23,24,25,26). The Labute approximate surface area is 169 Å². The highest BCUT2D eigenvalue weighted by molar-refractivity contribution is 6.34. The van der Waals surface area contributed by atoms with Crippen LogP contribution in [0.5, 0.6) is 0 Å². The Morgan fingerprint density at radius 2 is 1.97 bits per heavy atom. The molecule has 0 unspecified atom stereocenters. The van der Waals surface area contributed by atoms with Crippen molar-refractivity contribution in [3.05, 3.63) is 40.7 Å². The molecule has 1 aromatic carbocycles. The number of hydrogen-bond acceptors (Lipinski definition) is 5. The Bertz CT molecular complexity index is 1090. The zero-order valence-corrected chi connectivity index (χ0v) is 16.8. The molecule has 1 amide bonds. The van der Waals surface area contributed by atoms with E-state index in [1.165, 1.54) is 11.9 Å². The minimum atomic E-state index is -4.58. The van der Waals surface area contributed by atoms with E-state index in [0.717, 1.165) is 0 Å². The van der Waals surface area contributed by atoms with Crippen molar-refractivity contribution >= 4 is 45.9 Å². The molecule has 154 valence electrons. The van der Waals surface area contributed by atoms with Gasteiger partial charge in [0, 0.05) is 46.0 Å². The molecule has 29 heavy (non-hydrogen) atoms. The topological polar surface area (TPSA) is 75.1 Å². The number of alkyl halides is 3. The minimum absolute atomic E-state index is 0.0533. The van der Waals surface area contributed by atoms with E-state index in [1.807, 2.05) is 0 Å². The van der Waals surface area contributed by atoms with Crippen molar-refractivity contribution < 1.29 is 18.0 Å². The highest BCUT2D eigenvalue weighted by Gasteiger charge is 2.35. The molecule has 2 heterocycles. The predicted molar refractivity (Wildman–Crippen MR) is 106 cm³/mol. The first-order valence-electron chi connectivity index (χ1n) is 8.42. The number of aromatic nitrogens is 3. The van der Waals surface area contributed by atoms with E-state index < -0.39 is 11.7 Å². The summed E-state index contributed by atoms with van der Waals surface area (Å²) in [6, 6.07) is 3.31. The van der Waals surface area contributed by atoms with Crippen LogP contribution in [0, 0.1) is 0 Å². The SMILES string of the molecule is CNc1nc(Nc2cc3c(cc2Cl)c(C(=O)N(C)C)cn3C)ncc1C(F)(F)F. The summed E-state index contributed by atoms with van der Waals surface area (Å²) in [5.74, 6) is -0.579. The van der Waals surface area contributed by atoms with Crippen LogP contribution in [-0.2, 0) is 13.2 Å². The third kappa shape index (κ3) is 3.93. The van der Waals surface area contributed by atoms with Crippen LogP contribution in [-0.4, -0.2) is 46.5 Å². The van der Waals surface area contributed by atoms with Gasteiger partial charge in [0.2, 0.25) is 5.95 Å². The van der Waals surface area contributed by atoms with Gasteiger partial charge >= 0.3 is 6.18 Å². The monoisotopic (exact) mass is 426 g/mol. The van der Waals surface area contributed by atoms with Gasteiger partial charge in [0.15, 0.2) is 0 Å². The number of aryl methyl sites for hydroxylation is 1. The lowest BCUT2D eigenvalue weighted by Gasteiger charge is -2.14. The molecular formula is C18H18ClF3N6O. The fourth-order valence-electron chi connectivity index (χ4n) is 2.87. The first-order chi connectivity index (χ1) is 13.5. The molecule has 0 atom stereocenters. The van der Waals surface area contributed by atoms with Crippen LogP contribution in [0.4, 0.5) is 30.6 Å². The Morgan fingerprint density at radius 1 is 1.28 bits per heavy atom. The van der Waals surface area contributed by atoms with Crippen LogP contribution in [0.1, 0.15) is 15.9 Å². The van der Waals surface area contributed by atoms with Crippen LogP contribution < -0.4 is 10.6 Å². The summed E-state index contributed by atoms with van der Waals surface area (Å²) in [6.07, 6.45) is -2.18. The van der Waals surface area contributed by atoms with Crippen molar-refractivity contribution in [2.24, 2.45) is 7.05 Å². The number of hydrogen-bond donors (Lipinski definition) is 2. The van der Waals surface area contributed by atoms with Gasteiger partial charge in [-0.15, -0.1) is 0 Å². The van der Waals surface area contributed by atoms with Crippen molar-refractivity contribution in [3.8, 4) is 0 Å². The van der Waals surface area contributed by atoms with E-state index in [0.29, 0.717) is 28.4 Å². The van der Waals surface area contributed by atoms with E-state index in [2.05, 4.69) is 20.6 Å². The second-order valence-corrected chi connectivity index (χ2v) is 6.94. The molecule has 3 rings (SSSR count). The fraction of sp³-hybridized carbons (Fsp3) is 0.278. The third-order valence-corrected chi connectivity index (χ3v) is 4.61. The van der Waals surface area contributed by atoms with E-state index in [4.69, 9.17) is 11.6 Å². The molecule has 2 aromatic heterocycles.